The van der Waals surface area contributed by atoms with Gasteiger partial charge in [0.05, 0.1) is 17.2 Å². The summed E-state index contributed by atoms with van der Waals surface area (Å²) in [5, 5.41) is 0.723. The minimum atomic E-state index is -0.594. The number of carbonyl (C=O) groups excluding carboxylic acids is 2. The molecule has 1 aliphatic rings. The van der Waals surface area contributed by atoms with Crippen molar-refractivity contribution in [3.63, 3.8) is 0 Å². The molecule has 0 aliphatic carbocycles. The molecule has 8 heteroatoms. The summed E-state index contributed by atoms with van der Waals surface area (Å²) in [4.78, 5) is 28.1. The van der Waals surface area contributed by atoms with Gasteiger partial charge in [-0.3, -0.25) is 4.79 Å². The smallest absolute Gasteiger partial charge is 0.363 e. The van der Waals surface area contributed by atoms with Crippen molar-refractivity contribution < 1.29 is 23.8 Å². The van der Waals surface area contributed by atoms with Gasteiger partial charge < -0.3 is 14.2 Å². The molecule has 0 spiro atoms. The number of esters is 2. The Morgan fingerprint density at radius 1 is 1.14 bits per heavy atom. The Morgan fingerprint density at radius 2 is 1.93 bits per heavy atom. The second-order valence-electron chi connectivity index (χ2n) is 6.10. The first kappa shape index (κ1) is 20.9. The highest BCUT2D eigenvalue weighted by Gasteiger charge is 2.24. The van der Waals surface area contributed by atoms with E-state index < -0.39 is 5.97 Å². The standard InChI is InChI=1S/C21H17Cl2NO5/c1-3-4-19(25)28-17-8-5-12(10-18(17)27-2)9-16-21(26)29-20(24-16)13-6-7-14(22)15(23)11-13/h5-11H,3-4H2,1-2H3/b16-9-. The molecule has 1 heterocycles. The monoisotopic (exact) mass is 433 g/mol. The van der Waals surface area contributed by atoms with Gasteiger partial charge in [-0.25, -0.2) is 9.79 Å². The molecule has 0 amide bonds. The normalized spacial score (nSPS) is 14.6. The molecule has 0 radical (unpaired) electrons. The van der Waals surface area contributed by atoms with Crippen LogP contribution in [0.1, 0.15) is 30.9 Å². The molecule has 0 N–H and O–H groups in total. The highest BCUT2D eigenvalue weighted by molar-refractivity contribution is 6.42. The molecule has 0 bridgehead atoms. The van der Waals surface area contributed by atoms with Crippen LogP contribution < -0.4 is 9.47 Å². The first-order chi connectivity index (χ1) is 13.9. The van der Waals surface area contributed by atoms with E-state index in [9.17, 15) is 9.59 Å². The zero-order chi connectivity index (χ0) is 21.0. The van der Waals surface area contributed by atoms with Gasteiger partial charge in [0, 0.05) is 12.0 Å². The average Bonchev–Trinajstić information content (AvgIpc) is 3.05. The third kappa shape index (κ3) is 4.96. The van der Waals surface area contributed by atoms with Crippen LogP contribution in [0.2, 0.25) is 10.0 Å². The van der Waals surface area contributed by atoms with Crippen molar-refractivity contribution in [1.29, 1.82) is 0 Å². The van der Waals surface area contributed by atoms with Crippen molar-refractivity contribution in [3.05, 3.63) is 63.3 Å². The third-order valence-corrected chi connectivity index (χ3v) is 4.70. The summed E-state index contributed by atoms with van der Waals surface area (Å²) in [5.74, 6) is -0.126. The quantitative estimate of drug-likeness (QED) is 0.361. The molecule has 150 valence electrons. The van der Waals surface area contributed by atoms with Crippen molar-refractivity contribution in [3.8, 4) is 11.5 Å². The highest BCUT2D eigenvalue weighted by Crippen LogP contribution is 2.30. The summed E-state index contributed by atoms with van der Waals surface area (Å²) in [7, 11) is 1.47. The van der Waals surface area contributed by atoms with Crippen LogP contribution in [0, 0.1) is 0 Å². The fourth-order valence-electron chi connectivity index (χ4n) is 2.56. The van der Waals surface area contributed by atoms with E-state index in [1.807, 2.05) is 6.92 Å². The van der Waals surface area contributed by atoms with Gasteiger partial charge >= 0.3 is 11.9 Å². The lowest BCUT2D eigenvalue weighted by Gasteiger charge is -2.09. The lowest BCUT2D eigenvalue weighted by atomic mass is 10.1. The molecule has 6 nitrogen and oxygen atoms in total. The minimum absolute atomic E-state index is 0.115. The summed E-state index contributed by atoms with van der Waals surface area (Å²) < 4.78 is 15.8. The first-order valence-electron chi connectivity index (χ1n) is 8.78. The van der Waals surface area contributed by atoms with E-state index in [-0.39, 0.29) is 17.6 Å². The van der Waals surface area contributed by atoms with E-state index in [2.05, 4.69) is 4.99 Å². The maximum atomic E-state index is 12.2. The second-order valence-corrected chi connectivity index (χ2v) is 6.91. The molecule has 0 atom stereocenters. The van der Waals surface area contributed by atoms with Gasteiger partial charge in [-0.15, -0.1) is 0 Å². The molecule has 1 aliphatic heterocycles. The number of nitrogens with zero attached hydrogens (tertiary/aromatic N) is 1. The number of benzene rings is 2. The Bertz CT molecular complexity index is 1030. The lowest BCUT2D eigenvalue weighted by molar-refractivity contribution is -0.134. The fraction of sp³-hybridized carbons (Fsp3) is 0.190. The van der Waals surface area contributed by atoms with Gasteiger partial charge in [0.2, 0.25) is 5.90 Å². The van der Waals surface area contributed by atoms with E-state index in [0.717, 1.165) is 0 Å². The van der Waals surface area contributed by atoms with E-state index >= 15 is 0 Å². The number of aliphatic imine (C=N–C) groups is 1. The Balaban J connectivity index is 1.86. The van der Waals surface area contributed by atoms with Crippen LogP contribution in [0.3, 0.4) is 0 Å². The summed E-state index contributed by atoms with van der Waals surface area (Å²) in [6, 6.07) is 9.75. The predicted octanol–water partition coefficient (Wildman–Crippen LogP) is 5.05. The number of rotatable bonds is 6. The van der Waals surface area contributed by atoms with Gasteiger partial charge in [0.1, 0.15) is 0 Å². The molecule has 0 fully saturated rings. The van der Waals surface area contributed by atoms with Crippen molar-refractivity contribution in [2.24, 2.45) is 4.99 Å². The van der Waals surface area contributed by atoms with E-state index in [4.69, 9.17) is 37.4 Å². The lowest BCUT2D eigenvalue weighted by Crippen LogP contribution is -2.07. The molecule has 2 aromatic rings. The Morgan fingerprint density at radius 3 is 2.62 bits per heavy atom. The summed E-state index contributed by atoms with van der Waals surface area (Å²) in [6.07, 6.45) is 2.55. The van der Waals surface area contributed by atoms with Crippen molar-refractivity contribution in [2.75, 3.05) is 7.11 Å². The molecule has 29 heavy (non-hydrogen) atoms. The van der Waals surface area contributed by atoms with Crippen LogP contribution >= 0.6 is 23.2 Å². The van der Waals surface area contributed by atoms with E-state index in [1.165, 1.54) is 7.11 Å². The number of carbonyl (C=O) groups is 2. The molecule has 0 unspecified atom stereocenters. The number of methoxy groups -OCH3 is 1. The van der Waals surface area contributed by atoms with Crippen LogP contribution in [0.15, 0.2) is 47.1 Å². The SMILES string of the molecule is CCCC(=O)Oc1ccc(/C=C2\N=C(c3ccc(Cl)c(Cl)c3)OC2=O)cc1OC. The number of hydrogen-bond donors (Lipinski definition) is 0. The topological polar surface area (TPSA) is 74.2 Å². The Kier molecular flexibility index (Phi) is 6.56. The van der Waals surface area contributed by atoms with E-state index in [1.54, 1.807) is 42.5 Å². The summed E-state index contributed by atoms with van der Waals surface area (Å²) in [6.45, 7) is 1.89. The van der Waals surface area contributed by atoms with Gasteiger partial charge in [0.25, 0.3) is 0 Å². The molecular formula is C21H17Cl2NO5. The predicted molar refractivity (Wildman–Crippen MR) is 111 cm³/mol. The van der Waals surface area contributed by atoms with Crippen LogP contribution in [0.25, 0.3) is 6.08 Å². The fourth-order valence-corrected chi connectivity index (χ4v) is 2.85. The summed E-state index contributed by atoms with van der Waals surface area (Å²) >= 11 is 11.9. The van der Waals surface area contributed by atoms with Crippen LogP contribution in [-0.2, 0) is 14.3 Å². The van der Waals surface area contributed by atoms with Crippen LogP contribution in [0.4, 0.5) is 0 Å². The highest BCUT2D eigenvalue weighted by atomic mass is 35.5. The van der Waals surface area contributed by atoms with Crippen LogP contribution in [0.5, 0.6) is 11.5 Å². The van der Waals surface area contributed by atoms with Gasteiger partial charge in [0.15, 0.2) is 17.2 Å². The van der Waals surface area contributed by atoms with Gasteiger partial charge in [-0.2, -0.15) is 0 Å². The molecule has 0 aromatic heterocycles. The zero-order valence-corrected chi connectivity index (χ0v) is 17.2. The second kappa shape index (κ2) is 9.11. The Labute approximate surface area is 177 Å². The van der Waals surface area contributed by atoms with Gasteiger partial charge in [-0.05, 0) is 48.4 Å². The maximum absolute atomic E-state index is 12.2. The van der Waals surface area contributed by atoms with Crippen molar-refractivity contribution >= 4 is 47.1 Å². The molecule has 3 rings (SSSR count). The third-order valence-electron chi connectivity index (χ3n) is 3.96. The Hall–Kier alpha value is -2.83. The largest absolute Gasteiger partial charge is 0.493 e. The van der Waals surface area contributed by atoms with Crippen LogP contribution in [-0.4, -0.2) is 24.9 Å². The van der Waals surface area contributed by atoms with Crippen molar-refractivity contribution in [1.82, 2.24) is 0 Å². The molecule has 0 saturated carbocycles. The van der Waals surface area contributed by atoms with Gasteiger partial charge in [-0.1, -0.05) is 36.2 Å². The number of ether oxygens (including phenoxy) is 3. The molecular weight excluding hydrogens is 417 g/mol. The molecule has 0 saturated heterocycles. The van der Waals surface area contributed by atoms with E-state index in [0.29, 0.717) is 45.5 Å². The van der Waals surface area contributed by atoms with Crippen molar-refractivity contribution in [2.45, 2.75) is 19.8 Å². The summed E-state index contributed by atoms with van der Waals surface area (Å²) in [5.41, 5.74) is 1.28. The maximum Gasteiger partial charge on any atom is 0.363 e. The average molecular weight is 434 g/mol. The number of cyclic esters (lactones) is 1. The molecule has 2 aromatic carbocycles. The zero-order valence-electron chi connectivity index (χ0n) is 15.7. The number of halogens is 2. The first-order valence-corrected chi connectivity index (χ1v) is 9.53. The number of hydrogen-bond acceptors (Lipinski definition) is 6. The minimum Gasteiger partial charge on any atom is -0.493 e.